The van der Waals surface area contributed by atoms with Gasteiger partial charge in [0.1, 0.15) is 5.76 Å². The number of furan rings is 1. The standard InChI is InChI=1S/C11H8BrFN2O3/c12-11-4-2-8(18-11)6-14-7-1-3-9(13)10(5-7)15(16)17/h1-5,14H,6H2. The van der Waals surface area contributed by atoms with E-state index in [-0.39, 0.29) is 0 Å². The van der Waals surface area contributed by atoms with Gasteiger partial charge in [-0.1, -0.05) is 0 Å². The van der Waals surface area contributed by atoms with Crippen LogP contribution in [0, 0.1) is 15.9 Å². The summed E-state index contributed by atoms with van der Waals surface area (Å²) in [6.07, 6.45) is 0. The molecule has 1 aromatic carbocycles. The van der Waals surface area contributed by atoms with Crippen molar-refractivity contribution in [1.29, 1.82) is 0 Å². The number of rotatable bonds is 4. The fourth-order valence-electron chi connectivity index (χ4n) is 1.40. The van der Waals surface area contributed by atoms with Gasteiger partial charge in [0, 0.05) is 11.8 Å². The van der Waals surface area contributed by atoms with Crippen LogP contribution in [0.3, 0.4) is 0 Å². The van der Waals surface area contributed by atoms with Gasteiger partial charge in [0.2, 0.25) is 5.82 Å². The summed E-state index contributed by atoms with van der Waals surface area (Å²) in [6, 6.07) is 7.13. The van der Waals surface area contributed by atoms with E-state index >= 15 is 0 Å². The van der Waals surface area contributed by atoms with Crippen LogP contribution in [0.4, 0.5) is 15.8 Å². The fraction of sp³-hybridized carbons (Fsp3) is 0.0909. The Balaban J connectivity index is 2.10. The van der Waals surface area contributed by atoms with Crippen molar-refractivity contribution in [2.24, 2.45) is 0 Å². The Morgan fingerprint density at radius 1 is 1.39 bits per heavy atom. The number of hydrogen-bond acceptors (Lipinski definition) is 4. The van der Waals surface area contributed by atoms with Gasteiger partial charge < -0.3 is 9.73 Å². The predicted octanol–water partition coefficient (Wildman–Crippen LogP) is 3.70. The highest BCUT2D eigenvalue weighted by atomic mass is 79.9. The molecule has 7 heteroatoms. The van der Waals surface area contributed by atoms with Crippen molar-refractivity contribution in [3.8, 4) is 0 Å². The number of nitrogens with zero attached hydrogens (tertiary/aromatic N) is 1. The highest BCUT2D eigenvalue weighted by molar-refractivity contribution is 9.10. The molecule has 1 aromatic heterocycles. The smallest absolute Gasteiger partial charge is 0.306 e. The Morgan fingerprint density at radius 2 is 2.17 bits per heavy atom. The number of nitro benzene ring substituents is 1. The second kappa shape index (κ2) is 5.18. The van der Waals surface area contributed by atoms with E-state index in [1.54, 1.807) is 12.1 Å². The Hall–Kier alpha value is -1.89. The SMILES string of the molecule is O=[N+]([O-])c1cc(NCc2ccc(Br)o2)ccc1F. The molecule has 0 aliphatic carbocycles. The minimum atomic E-state index is -0.855. The van der Waals surface area contributed by atoms with E-state index in [1.807, 2.05) is 0 Å². The summed E-state index contributed by atoms with van der Waals surface area (Å²) in [5.74, 6) is -0.194. The number of hydrogen-bond donors (Lipinski definition) is 1. The van der Waals surface area contributed by atoms with Crippen LogP contribution < -0.4 is 5.32 Å². The first-order chi connectivity index (χ1) is 8.56. The van der Waals surface area contributed by atoms with Crippen LogP contribution in [0.1, 0.15) is 5.76 Å². The maximum absolute atomic E-state index is 13.1. The van der Waals surface area contributed by atoms with E-state index in [2.05, 4.69) is 21.2 Å². The molecule has 0 aliphatic rings. The predicted molar refractivity (Wildman–Crippen MR) is 66.8 cm³/mol. The summed E-state index contributed by atoms with van der Waals surface area (Å²) in [5.41, 5.74) is -0.101. The number of anilines is 1. The third-order valence-electron chi connectivity index (χ3n) is 2.24. The summed E-state index contributed by atoms with van der Waals surface area (Å²) in [6.45, 7) is 0.356. The van der Waals surface area contributed by atoms with Crippen molar-refractivity contribution in [3.63, 3.8) is 0 Å². The zero-order valence-electron chi connectivity index (χ0n) is 9.02. The van der Waals surface area contributed by atoms with E-state index < -0.39 is 16.4 Å². The lowest BCUT2D eigenvalue weighted by Gasteiger charge is -2.04. The number of halogens is 2. The average Bonchev–Trinajstić information content (AvgIpc) is 2.74. The Bertz CT molecular complexity index is 585. The molecule has 0 unspecified atom stereocenters. The van der Waals surface area contributed by atoms with Crippen molar-refractivity contribution < 1.29 is 13.7 Å². The Kier molecular flexibility index (Phi) is 3.61. The Morgan fingerprint density at radius 3 is 2.78 bits per heavy atom. The van der Waals surface area contributed by atoms with Crippen LogP contribution in [0.15, 0.2) is 39.4 Å². The monoisotopic (exact) mass is 314 g/mol. The second-order valence-electron chi connectivity index (χ2n) is 3.48. The van der Waals surface area contributed by atoms with E-state index in [0.717, 1.165) is 12.1 Å². The molecule has 0 aliphatic heterocycles. The highest BCUT2D eigenvalue weighted by Crippen LogP contribution is 2.22. The zero-order chi connectivity index (χ0) is 13.1. The molecule has 0 saturated heterocycles. The molecule has 1 heterocycles. The number of benzene rings is 1. The van der Waals surface area contributed by atoms with Gasteiger partial charge in [-0.2, -0.15) is 4.39 Å². The first-order valence-electron chi connectivity index (χ1n) is 4.98. The molecule has 1 N–H and O–H groups in total. The van der Waals surface area contributed by atoms with E-state index in [4.69, 9.17) is 4.42 Å². The lowest BCUT2D eigenvalue weighted by Crippen LogP contribution is -2.00. The van der Waals surface area contributed by atoms with E-state index in [1.165, 1.54) is 6.07 Å². The molecular weight excluding hydrogens is 307 g/mol. The minimum Gasteiger partial charge on any atom is -0.452 e. The van der Waals surface area contributed by atoms with Gasteiger partial charge in [-0.3, -0.25) is 10.1 Å². The molecule has 0 bridgehead atoms. The molecule has 0 spiro atoms. The van der Waals surface area contributed by atoms with E-state index in [9.17, 15) is 14.5 Å². The Labute approximate surface area is 110 Å². The molecule has 0 radical (unpaired) electrons. The van der Waals surface area contributed by atoms with Crippen molar-refractivity contribution in [1.82, 2.24) is 0 Å². The van der Waals surface area contributed by atoms with Gasteiger partial charge >= 0.3 is 5.69 Å². The maximum Gasteiger partial charge on any atom is 0.306 e. The molecule has 2 rings (SSSR count). The fourth-order valence-corrected chi connectivity index (χ4v) is 1.74. The largest absolute Gasteiger partial charge is 0.452 e. The average molecular weight is 315 g/mol. The van der Waals surface area contributed by atoms with Crippen LogP contribution in [-0.4, -0.2) is 4.92 Å². The van der Waals surface area contributed by atoms with Gasteiger partial charge in [0.25, 0.3) is 0 Å². The van der Waals surface area contributed by atoms with Gasteiger partial charge in [-0.15, -0.1) is 0 Å². The van der Waals surface area contributed by atoms with Crippen LogP contribution in [0.25, 0.3) is 0 Å². The molecule has 18 heavy (non-hydrogen) atoms. The van der Waals surface area contributed by atoms with Crippen LogP contribution in [0.2, 0.25) is 0 Å². The third-order valence-corrected chi connectivity index (χ3v) is 2.66. The summed E-state index contributed by atoms with van der Waals surface area (Å²) in [5, 5.41) is 13.5. The van der Waals surface area contributed by atoms with Crippen molar-refractivity contribution in [3.05, 3.63) is 56.7 Å². The molecule has 0 atom stereocenters. The number of nitrogens with one attached hydrogen (secondary N) is 1. The first kappa shape index (κ1) is 12.6. The van der Waals surface area contributed by atoms with Gasteiger partial charge in [0.05, 0.1) is 11.5 Å². The van der Waals surface area contributed by atoms with Gasteiger partial charge in [-0.05, 0) is 40.2 Å². The topological polar surface area (TPSA) is 68.3 Å². The molecule has 0 fully saturated rings. The summed E-state index contributed by atoms with van der Waals surface area (Å²) in [7, 11) is 0. The second-order valence-corrected chi connectivity index (χ2v) is 4.26. The zero-order valence-corrected chi connectivity index (χ0v) is 10.6. The summed E-state index contributed by atoms with van der Waals surface area (Å²) < 4.78 is 18.9. The summed E-state index contributed by atoms with van der Waals surface area (Å²) in [4.78, 5) is 9.80. The molecular formula is C11H8BrFN2O3. The van der Waals surface area contributed by atoms with Gasteiger partial charge in [-0.25, -0.2) is 0 Å². The first-order valence-corrected chi connectivity index (χ1v) is 5.77. The molecule has 5 nitrogen and oxygen atoms in total. The summed E-state index contributed by atoms with van der Waals surface area (Å²) >= 11 is 3.17. The molecule has 94 valence electrons. The van der Waals surface area contributed by atoms with Crippen molar-refractivity contribution in [2.75, 3.05) is 5.32 Å². The van der Waals surface area contributed by atoms with Crippen molar-refractivity contribution in [2.45, 2.75) is 6.54 Å². The lowest BCUT2D eigenvalue weighted by molar-refractivity contribution is -0.387. The molecule has 0 amide bonds. The van der Waals surface area contributed by atoms with Gasteiger partial charge in [0.15, 0.2) is 4.67 Å². The lowest BCUT2D eigenvalue weighted by atomic mass is 10.2. The minimum absolute atomic E-state index is 0.356. The van der Waals surface area contributed by atoms with Crippen LogP contribution in [-0.2, 0) is 6.54 Å². The molecule has 2 aromatic rings. The third kappa shape index (κ3) is 2.86. The molecule has 0 saturated carbocycles. The van der Waals surface area contributed by atoms with Crippen LogP contribution >= 0.6 is 15.9 Å². The van der Waals surface area contributed by atoms with Crippen molar-refractivity contribution >= 4 is 27.3 Å². The quantitative estimate of drug-likeness (QED) is 0.690. The maximum atomic E-state index is 13.1. The highest BCUT2D eigenvalue weighted by Gasteiger charge is 2.14. The van der Waals surface area contributed by atoms with E-state index in [0.29, 0.717) is 22.7 Å². The number of nitro groups is 1. The normalized spacial score (nSPS) is 10.3. The van der Waals surface area contributed by atoms with Crippen LogP contribution in [0.5, 0.6) is 0 Å².